The van der Waals surface area contributed by atoms with Crippen LogP contribution in [-0.2, 0) is 11.2 Å². The number of hydrogen-bond donors (Lipinski definition) is 2. The summed E-state index contributed by atoms with van der Waals surface area (Å²) in [5.74, 6) is -0.149. The lowest BCUT2D eigenvalue weighted by Crippen LogP contribution is -2.14. The molecule has 0 unspecified atom stereocenters. The molecule has 4 rings (SSSR count). The number of benzene rings is 2. The first kappa shape index (κ1) is 21.4. The first-order valence-corrected chi connectivity index (χ1v) is 10.1. The molecule has 0 bridgehead atoms. The summed E-state index contributed by atoms with van der Waals surface area (Å²) < 4.78 is 25.8. The molecule has 8 nitrogen and oxygen atoms in total. The van der Waals surface area contributed by atoms with Crippen molar-refractivity contribution >= 4 is 23.4 Å². The molecule has 0 spiro atoms. The topological polar surface area (TPSA) is 103 Å². The standard InChI is InChI=1S/C23H22FN3O5/c1-31-18-10-13-9-17-22(16(13)12-19(18)32-2)27(20(28)7-4-8-21(29)30)26-23(17)25-15-6-3-5-14(24)11-15/h3,5-6,10-12H,4,7-9H2,1-2H3,(H,25,26)(H,29,30). The van der Waals surface area contributed by atoms with Gasteiger partial charge in [0.05, 0.1) is 19.9 Å². The first-order valence-electron chi connectivity index (χ1n) is 10.1. The van der Waals surface area contributed by atoms with Gasteiger partial charge in [0.15, 0.2) is 17.3 Å². The molecule has 0 saturated heterocycles. The van der Waals surface area contributed by atoms with E-state index in [9.17, 15) is 14.0 Å². The van der Waals surface area contributed by atoms with Crippen LogP contribution in [0.15, 0.2) is 36.4 Å². The number of anilines is 2. The third kappa shape index (κ3) is 4.01. The van der Waals surface area contributed by atoms with Gasteiger partial charge in [-0.3, -0.25) is 9.59 Å². The predicted octanol–water partition coefficient (Wildman–Crippen LogP) is 4.25. The van der Waals surface area contributed by atoms with Crippen LogP contribution in [0.25, 0.3) is 11.3 Å². The SMILES string of the molecule is COc1cc2c(cc1OC)-c1c(c(Nc3cccc(F)c3)nn1C(=O)CCCC(=O)O)C2. The van der Waals surface area contributed by atoms with Gasteiger partial charge >= 0.3 is 5.97 Å². The van der Waals surface area contributed by atoms with Gasteiger partial charge in [-0.05, 0) is 42.3 Å². The largest absolute Gasteiger partial charge is 0.493 e. The van der Waals surface area contributed by atoms with E-state index >= 15 is 0 Å². The summed E-state index contributed by atoms with van der Waals surface area (Å²) in [5.41, 5.74) is 3.61. The maximum Gasteiger partial charge on any atom is 0.303 e. The highest BCUT2D eigenvalue weighted by Crippen LogP contribution is 2.45. The zero-order chi connectivity index (χ0) is 22.8. The van der Waals surface area contributed by atoms with E-state index in [1.54, 1.807) is 25.3 Å². The summed E-state index contributed by atoms with van der Waals surface area (Å²) in [7, 11) is 3.09. The first-order chi connectivity index (χ1) is 15.4. The molecule has 0 fully saturated rings. The number of halogens is 1. The van der Waals surface area contributed by atoms with Crippen LogP contribution < -0.4 is 14.8 Å². The summed E-state index contributed by atoms with van der Waals surface area (Å²) >= 11 is 0. The summed E-state index contributed by atoms with van der Waals surface area (Å²) in [6, 6.07) is 9.63. The van der Waals surface area contributed by atoms with Crippen LogP contribution in [0.4, 0.5) is 15.9 Å². The minimum Gasteiger partial charge on any atom is -0.493 e. The van der Waals surface area contributed by atoms with Gasteiger partial charge in [-0.1, -0.05) is 6.07 Å². The molecule has 32 heavy (non-hydrogen) atoms. The van der Waals surface area contributed by atoms with Crippen molar-refractivity contribution in [2.24, 2.45) is 0 Å². The van der Waals surface area contributed by atoms with Crippen LogP contribution in [-0.4, -0.2) is 41.0 Å². The van der Waals surface area contributed by atoms with Gasteiger partial charge in [0.25, 0.3) is 0 Å². The van der Waals surface area contributed by atoms with Crippen molar-refractivity contribution in [1.82, 2.24) is 9.78 Å². The van der Waals surface area contributed by atoms with E-state index in [0.29, 0.717) is 35.1 Å². The van der Waals surface area contributed by atoms with E-state index < -0.39 is 11.8 Å². The molecule has 0 atom stereocenters. The number of carbonyl (C=O) groups excluding carboxylic acids is 1. The fourth-order valence-electron chi connectivity index (χ4n) is 3.85. The molecule has 0 amide bonds. The monoisotopic (exact) mass is 439 g/mol. The number of ether oxygens (including phenoxy) is 2. The number of nitrogens with zero attached hydrogens (tertiary/aromatic N) is 2. The van der Waals surface area contributed by atoms with Gasteiger partial charge in [-0.2, -0.15) is 4.68 Å². The highest BCUT2D eigenvalue weighted by Gasteiger charge is 2.31. The van der Waals surface area contributed by atoms with Crippen molar-refractivity contribution < 1.29 is 28.6 Å². The Morgan fingerprint density at radius 3 is 2.59 bits per heavy atom. The number of rotatable bonds is 8. The van der Waals surface area contributed by atoms with E-state index in [-0.39, 0.29) is 25.2 Å². The van der Waals surface area contributed by atoms with Gasteiger partial charge < -0.3 is 19.9 Å². The zero-order valence-electron chi connectivity index (χ0n) is 17.6. The molecule has 0 saturated carbocycles. The molecule has 0 radical (unpaired) electrons. The van der Waals surface area contributed by atoms with Crippen molar-refractivity contribution in [3.05, 3.63) is 53.3 Å². The third-order valence-corrected chi connectivity index (χ3v) is 5.32. The number of carboxylic acid groups (broad SMARTS) is 1. The summed E-state index contributed by atoms with van der Waals surface area (Å²) in [6.45, 7) is 0. The fraction of sp³-hybridized carbons (Fsp3) is 0.261. The Morgan fingerprint density at radius 2 is 1.91 bits per heavy atom. The Balaban J connectivity index is 1.77. The normalized spacial score (nSPS) is 11.6. The van der Waals surface area contributed by atoms with Gasteiger partial charge in [0.2, 0.25) is 5.91 Å². The molecule has 0 aliphatic heterocycles. The van der Waals surface area contributed by atoms with Gasteiger partial charge in [-0.25, -0.2) is 4.39 Å². The fourth-order valence-corrected chi connectivity index (χ4v) is 3.85. The van der Waals surface area contributed by atoms with Crippen LogP contribution in [0.3, 0.4) is 0 Å². The molecule has 1 aromatic heterocycles. The molecule has 9 heteroatoms. The lowest BCUT2D eigenvalue weighted by molar-refractivity contribution is -0.137. The van der Waals surface area contributed by atoms with Crippen LogP contribution in [0, 0.1) is 5.82 Å². The number of hydrogen-bond acceptors (Lipinski definition) is 6. The second-order valence-electron chi connectivity index (χ2n) is 7.41. The highest BCUT2D eigenvalue weighted by atomic mass is 19.1. The Hall–Kier alpha value is -3.88. The number of nitrogens with one attached hydrogen (secondary N) is 1. The Morgan fingerprint density at radius 1 is 1.16 bits per heavy atom. The molecule has 1 heterocycles. The summed E-state index contributed by atoms with van der Waals surface area (Å²) in [5, 5.41) is 16.5. The van der Waals surface area contributed by atoms with Crippen LogP contribution in [0.2, 0.25) is 0 Å². The zero-order valence-corrected chi connectivity index (χ0v) is 17.6. The second kappa shape index (κ2) is 8.70. The van der Waals surface area contributed by atoms with Gasteiger partial charge in [0, 0.05) is 36.1 Å². The maximum absolute atomic E-state index is 13.7. The maximum atomic E-state index is 13.7. The number of fused-ring (bicyclic) bond motifs is 3. The van der Waals surface area contributed by atoms with Gasteiger partial charge in [-0.15, -0.1) is 5.10 Å². The molecular weight excluding hydrogens is 417 g/mol. The summed E-state index contributed by atoms with van der Waals surface area (Å²) in [6.07, 6.45) is 0.618. The minimum absolute atomic E-state index is 0.0302. The molecular formula is C23H22FN3O5. The second-order valence-corrected chi connectivity index (χ2v) is 7.41. The Labute approximate surface area is 183 Å². The van der Waals surface area contributed by atoms with Crippen molar-refractivity contribution in [2.45, 2.75) is 25.7 Å². The molecule has 166 valence electrons. The lowest BCUT2D eigenvalue weighted by atomic mass is 10.1. The Kier molecular flexibility index (Phi) is 5.81. The number of aromatic nitrogens is 2. The van der Waals surface area contributed by atoms with Crippen molar-refractivity contribution in [1.29, 1.82) is 0 Å². The van der Waals surface area contributed by atoms with Crippen molar-refractivity contribution in [3.63, 3.8) is 0 Å². The van der Waals surface area contributed by atoms with E-state index in [2.05, 4.69) is 10.4 Å². The van der Waals surface area contributed by atoms with E-state index in [1.807, 2.05) is 6.07 Å². The highest BCUT2D eigenvalue weighted by molar-refractivity contribution is 5.91. The predicted molar refractivity (Wildman–Crippen MR) is 115 cm³/mol. The van der Waals surface area contributed by atoms with E-state index in [1.165, 1.54) is 23.9 Å². The minimum atomic E-state index is -0.959. The number of methoxy groups -OCH3 is 2. The quantitative estimate of drug-likeness (QED) is 0.423. The number of aliphatic carboxylic acids is 1. The van der Waals surface area contributed by atoms with Crippen molar-refractivity contribution in [3.8, 4) is 22.8 Å². The molecule has 2 N–H and O–H groups in total. The third-order valence-electron chi connectivity index (χ3n) is 5.32. The Bertz CT molecular complexity index is 1200. The number of carbonyl (C=O) groups is 2. The average Bonchev–Trinajstić information content (AvgIpc) is 3.29. The van der Waals surface area contributed by atoms with Gasteiger partial charge in [0.1, 0.15) is 5.82 Å². The van der Waals surface area contributed by atoms with Crippen LogP contribution in [0.1, 0.15) is 35.2 Å². The van der Waals surface area contributed by atoms with E-state index in [0.717, 1.165) is 16.7 Å². The lowest BCUT2D eigenvalue weighted by Gasteiger charge is -2.12. The number of carboxylic acids is 1. The molecule has 3 aromatic rings. The molecule has 1 aliphatic rings. The van der Waals surface area contributed by atoms with Crippen LogP contribution in [0.5, 0.6) is 11.5 Å². The van der Waals surface area contributed by atoms with E-state index in [4.69, 9.17) is 14.6 Å². The molecule has 1 aliphatic carbocycles. The smallest absolute Gasteiger partial charge is 0.303 e. The average molecular weight is 439 g/mol. The van der Waals surface area contributed by atoms with Crippen molar-refractivity contribution in [2.75, 3.05) is 19.5 Å². The molecule has 2 aromatic carbocycles. The summed E-state index contributed by atoms with van der Waals surface area (Å²) in [4.78, 5) is 23.8. The van der Waals surface area contributed by atoms with Crippen LogP contribution >= 0.6 is 0 Å².